The molecule has 4 nitrogen and oxygen atoms in total. The van der Waals surface area contributed by atoms with E-state index in [4.69, 9.17) is 14.9 Å². The van der Waals surface area contributed by atoms with Crippen molar-refractivity contribution in [2.24, 2.45) is 5.41 Å². The molecule has 0 aliphatic heterocycles. The fourth-order valence-corrected chi connectivity index (χ4v) is 0.505. The molecule has 0 fully saturated rings. The molecule has 0 aromatic carbocycles. The van der Waals surface area contributed by atoms with Gasteiger partial charge in [-0.1, -0.05) is 20.8 Å². The van der Waals surface area contributed by atoms with Crippen LogP contribution in [0.1, 0.15) is 20.8 Å². The van der Waals surface area contributed by atoms with E-state index in [1.807, 2.05) is 20.8 Å². The fourth-order valence-electron chi connectivity index (χ4n) is 0.505. The number of aliphatic hydroxyl groups is 3. The minimum Gasteiger partial charge on any atom is -0.394 e. The van der Waals surface area contributed by atoms with Gasteiger partial charge in [0.15, 0.2) is 6.29 Å². The first kappa shape index (κ1) is 11.8. The van der Waals surface area contributed by atoms with Crippen LogP contribution in [0.2, 0.25) is 0 Å². The molecule has 12 heavy (non-hydrogen) atoms. The molecule has 0 aromatic rings. The lowest BCUT2D eigenvalue weighted by Gasteiger charge is -2.26. The summed E-state index contributed by atoms with van der Waals surface area (Å²) in [5, 5.41) is 26.6. The molecule has 0 aliphatic rings. The SMILES string of the molecule is CC(C)(C)C(O)OCC(O)CO. The minimum absolute atomic E-state index is 0.0467. The van der Waals surface area contributed by atoms with E-state index < -0.39 is 12.4 Å². The Balaban J connectivity index is 3.64. The van der Waals surface area contributed by atoms with Crippen molar-refractivity contribution >= 4 is 0 Å². The normalized spacial score (nSPS) is 17.5. The summed E-state index contributed by atoms with van der Waals surface area (Å²) in [5.41, 5.74) is -0.366. The Morgan fingerprint density at radius 2 is 1.75 bits per heavy atom. The van der Waals surface area contributed by atoms with Crippen LogP contribution in [0.5, 0.6) is 0 Å². The number of ether oxygens (including phenoxy) is 1. The lowest BCUT2D eigenvalue weighted by Crippen LogP contribution is -2.32. The predicted molar refractivity (Wildman–Crippen MR) is 44.5 cm³/mol. The summed E-state index contributed by atoms with van der Waals surface area (Å²) in [6.45, 7) is 5.07. The second kappa shape index (κ2) is 4.77. The number of hydrogen-bond acceptors (Lipinski definition) is 4. The van der Waals surface area contributed by atoms with E-state index in [-0.39, 0.29) is 18.6 Å². The van der Waals surface area contributed by atoms with Crippen molar-refractivity contribution in [3.8, 4) is 0 Å². The standard InChI is InChI=1S/C8H18O4/c1-8(2,3)7(11)12-5-6(10)4-9/h6-7,9-11H,4-5H2,1-3H3. The molecule has 0 aliphatic carbocycles. The predicted octanol–water partition coefficient (Wildman–Crippen LogP) is -0.279. The average Bonchev–Trinajstić information content (AvgIpc) is 1.97. The first-order valence-electron chi connectivity index (χ1n) is 3.96. The Morgan fingerprint density at radius 3 is 2.08 bits per heavy atom. The van der Waals surface area contributed by atoms with E-state index in [0.29, 0.717) is 0 Å². The molecule has 0 bridgehead atoms. The van der Waals surface area contributed by atoms with Crippen LogP contribution in [0.15, 0.2) is 0 Å². The van der Waals surface area contributed by atoms with Gasteiger partial charge in [-0.25, -0.2) is 0 Å². The van der Waals surface area contributed by atoms with Gasteiger partial charge in [-0.3, -0.25) is 0 Å². The molecule has 0 radical (unpaired) electrons. The van der Waals surface area contributed by atoms with E-state index in [1.165, 1.54) is 0 Å². The molecule has 0 amide bonds. The highest BCUT2D eigenvalue weighted by Crippen LogP contribution is 2.19. The molecule has 0 heterocycles. The Hall–Kier alpha value is -0.160. The van der Waals surface area contributed by atoms with Crippen LogP contribution in [0, 0.1) is 5.41 Å². The summed E-state index contributed by atoms with van der Waals surface area (Å²) in [4.78, 5) is 0. The average molecular weight is 178 g/mol. The van der Waals surface area contributed by atoms with E-state index in [1.54, 1.807) is 0 Å². The van der Waals surface area contributed by atoms with Crippen molar-refractivity contribution < 1.29 is 20.1 Å². The monoisotopic (exact) mass is 178 g/mol. The maximum absolute atomic E-state index is 9.32. The Bertz CT molecular complexity index is 119. The zero-order valence-electron chi connectivity index (χ0n) is 7.82. The molecule has 3 N–H and O–H groups in total. The molecule has 0 spiro atoms. The van der Waals surface area contributed by atoms with Crippen molar-refractivity contribution in [2.45, 2.75) is 33.2 Å². The van der Waals surface area contributed by atoms with Gasteiger partial charge in [0, 0.05) is 5.41 Å². The summed E-state index contributed by atoms with van der Waals surface area (Å²) in [5.74, 6) is 0. The molecule has 74 valence electrons. The Morgan fingerprint density at radius 1 is 1.25 bits per heavy atom. The molecule has 0 saturated carbocycles. The second-order valence-corrected chi connectivity index (χ2v) is 3.89. The molecule has 0 saturated heterocycles. The van der Waals surface area contributed by atoms with Gasteiger partial charge < -0.3 is 20.1 Å². The quantitative estimate of drug-likeness (QED) is 0.518. The van der Waals surface area contributed by atoms with E-state index in [9.17, 15) is 5.11 Å². The molecule has 0 aromatic heterocycles. The van der Waals surface area contributed by atoms with E-state index in [0.717, 1.165) is 0 Å². The van der Waals surface area contributed by atoms with Gasteiger partial charge in [0.05, 0.1) is 13.2 Å². The van der Waals surface area contributed by atoms with Gasteiger partial charge in [0.25, 0.3) is 0 Å². The molecular weight excluding hydrogens is 160 g/mol. The van der Waals surface area contributed by atoms with E-state index >= 15 is 0 Å². The van der Waals surface area contributed by atoms with Crippen LogP contribution in [0.4, 0.5) is 0 Å². The van der Waals surface area contributed by atoms with Crippen LogP contribution >= 0.6 is 0 Å². The molecule has 2 unspecified atom stereocenters. The summed E-state index contributed by atoms with van der Waals surface area (Å²) >= 11 is 0. The second-order valence-electron chi connectivity index (χ2n) is 3.89. The summed E-state index contributed by atoms with van der Waals surface area (Å²) in [6.07, 6.45) is -1.83. The van der Waals surface area contributed by atoms with Crippen molar-refractivity contribution in [1.29, 1.82) is 0 Å². The molecule has 2 atom stereocenters. The zero-order valence-corrected chi connectivity index (χ0v) is 7.82. The van der Waals surface area contributed by atoms with Gasteiger partial charge in [0.2, 0.25) is 0 Å². The van der Waals surface area contributed by atoms with Crippen LogP contribution in [-0.4, -0.2) is 40.9 Å². The maximum Gasteiger partial charge on any atom is 0.159 e. The van der Waals surface area contributed by atoms with Gasteiger partial charge in [-0.05, 0) is 0 Å². The van der Waals surface area contributed by atoms with Crippen molar-refractivity contribution in [1.82, 2.24) is 0 Å². The van der Waals surface area contributed by atoms with Crippen molar-refractivity contribution in [3.63, 3.8) is 0 Å². The van der Waals surface area contributed by atoms with E-state index in [2.05, 4.69) is 0 Å². The zero-order chi connectivity index (χ0) is 9.78. The maximum atomic E-state index is 9.32. The number of aliphatic hydroxyl groups excluding tert-OH is 3. The van der Waals surface area contributed by atoms with Gasteiger partial charge >= 0.3 is 0 Å². The van der Waals surface area contributed by atoms with Gasteiger partial charge in [-0.2, -0.15) is 0 Å². The highest BCUT2D eigenvalue weighted by atomic mass is 16.6. The smallest absolute Gasteiger partial charge is 0.159 e. The first-order valence-corrected chi connectivity index (χ1v) is 3.96. The van der Waals surface area contributed by atoms with Crippen LogP contribution < -0.4 is 0 Å². The Labute approximate surface area is 72.8 Å². The van der Waals surface area contributed by atoms with Crippen molar-refractivity contribution in [2.75, 3.05) is 13.2 Å². The Kier molecular flexibility index (Phi) is 4.70. The summed E-state index contributed by atoms with van der Waals surface area (Å²) < 4.78 is 4.90. The van der Waals surface area contributed by atoms with Crippen LogP contribution in [0.3, 0.4) is 0 Å². The van der Waals surface area contributed by atoms with Gasteiger partial charge in [0.1, 0.15) is 6.10 Å². The van der Waals surface area contributed by atoms with Crippen LogP contribution in [-0.2, 0) is 4.74 Å². The molecule has 4 heteroatoms. The molecular formula is C8H18O4. The topological polar surface area (TPSA) is 69.9 Å². The van der Waals surface area contributed by atoms with Gasteiger partial charge in [-0.15, -0.1) is 0 Å². The third-order valence-corrected chi connectivity index (χ3v) is 1.40. The highest BCUT2D eigenvalue weighted by Gasteiger charge is 2.23. The number of hydrogen-bond donors (Lipinski definition) is 3. The summed E-state index contributed by atoms with van der Waals surface area (Å²) in [6, 6.07) is 0. The third kappa shape index (κ3) is 4.66. The summed E-state index contributed by atoms with van der Waals surface area (Å²) in [7, 11) is 0. The molecule has 0 rings (SSSR count). The fraction of sp³-hybridized carbons (Fsp3) is 1.00. The number of rotatable bonds is 4. The first-order chi connectivity index (χ1) is 5.38. The largest absolute Gasteiger partial charge is 0.394 e. The lowest BCUT2D eigenvalue weighted by atomic mass is 9.96. The lowest BCUT2D eigenvalue weighted by molar-refractivity contribution is -0.175. The third-order valence-electron chi connectivity index (χ3n) is 1.40. The van der Waals surface area contributed by atoms with Crippen molar-refractivity contribution in [3.05, 3.63) is 0 Å². The minimum atomic E-state index is -0.918. The van der Waals surface area contributed by atoms with Crippen LogP contribution in [0.25, 0.3) is 0 Å². The highest BCUT2D eigenvalue weighted by molar-refractivity contribution is 4.65.